The number of hydrogen-bond acceptors (Lipinski definition) is 4. The van der Waals surface area contributed by atoms with Gasteiger partial charge < -0.3 is 15.7 Å². The molecule has 0 saturated carbocycles. The summed E-state index contributed by atoms with van der Waals surface area (Å²) in [5.74, 6) is 0.779. The van der Waals surface area contributed by atoms with Crippen molar-refractivity contribution in [2.75, 3.05) is 11.4 Å². The molecular weight excluding hydrogens is 250 g/mol. The maximum absolute atomic E-state index is 9.65. The molecule has 1 aliphatic rings. The maximum atomic E-state index is 9.65. The van der Waals surface area contributed by atoms with E-state index in [1.807, 2.05) is 29.2 Å². The summed E-state index contributed by atoms with van der Waals surface area (Å²) in [5.41, 5.74) is 9.25. The minimum atomic E-state index is 0.0314. The highest BCUT2D eigenvalue weighted by Crippen LogP contribution is 2.32. The van der Waals surface area contributed by atoms with Gasteiger partial charge in [0.2, 0.25) is 0 Å². The van der Waals surface area contributed by atoms with Crippen LogP contribution in [0.4, 0.5) is 5.69 Å². The highest BCUT2D eigenvalue weighted by atomic mass is 16.3. The second kappa shape index (κ2) is 4.89. The molecule has 0 radical (unpaired) electrons. The first-order valence-electron chi connectivity index (χ1n) is 6.60. The Kier molecular flexibility index (Phi) is 3.06. The molecule has 3 N–H and O–H groups in total. The number of rotatable bonds is 2. The fourth-order valence-electron chi connectivity index (χ4n) is 2.57. The molecule has 2 aromatic rings. The van der Waals surface area contributed by atoms with Gasteiger partial charge in [0.05, 0.1) is 12.6 Å². The van der Waals surface area contributed by atoms with Gasteiger partial charge in [-0.2, -0.15) is 0 Å². The molecule has 1 aliphatic heterocycles. The number of nitrogens with zero attached hydrogens (tertiary/aromatic N) is 2. The van der Waals surface area contributed by atoms with Crippen LogP contribution in [0.3, 0.4) is 0 Å². The van der Waals surface area contributed by atoms with Crippen LogP contribution in [0.25, 0.3) is 0 Å². The topological polar surface area (TPSA) is 61.8 Å². The van der Waals surface area contributed by atoms with Crippen LogP contribution in [0, 0.1) is 6.92 Å². The summed E-state index contributed by atoms with van der Waals surface area (Å²) in [6, 6.07) is 15.5. The Hall–Kier alpha value is -2.49. The maximum Gasteiger partial charge on any atom is 0.196 e. The molecule has 4 heteroatoms. The molecule has 4 nitrogen and oxygen atoms in total. The van der Waals surface area contributed by atoms with E-state index in [1.54, 1.807) is 12.1 Å². The lowest BCUT2D eigenvalue weighted by atomic mass is 10.0. The molecule has 0 aliphatic carbocycles. The van der Waals surface area contributed by atoms with Gasteiger partial charge >= 0.3 is 0 Å². The van der Waals surface area contributed by atoms with Gasteiger partial charge in [-0.25, -0.2) is 0 Å². The monoisotopic (exact) mass is 267 g/mol. The quantitative estimate of drug-likeness (QED) is 0.879. The smallest absolute Gasteiger partial charge is 0.196 e. The number of hydrogen-bond donors (Lipinski definition) is 2. The van der Waals surface area contributed by atoms with Crippen LogP contribution in [0.15, 0.2) is 53.5 Å². The van der Waals surface area contributed by atoms with E-state index in [9.17, 15) is 5.11 Å². The molecule has 1 heterocycles. The van der Waals surface area contributed by atoms with E-state index < -0.39 is 0 Å². The number of aromatic hydroxyl groups is 1. The second-order valence-electron chi connectivity index (χ2n) is 5.02. The minimum Gasteiger partial charge on any atom is -0.508 e. The standard InChI is InChI=1S/C16H17N3O/c1-11-4-2-6-13(8-11)19-15(10-18-16(19)17)12-5-3-7-14(20)9-12/h2-9,15,20H,10H2,1H3,(H2,17,18). The Labute approximate surface area is 118 Å². The number of benzene rings is 2. The van der Waals surface area contributed by atoms with E-state index in [0.29, 0.717) is 12.5 Å². The summed E-state index contributed by atoms with van der Waals surface area (Å²) in [4.78, 5) is 6.37. The lowest BCUT2D eigenvalue weighted by Crippen LogP contribution is -2.36. The third-order valence-corrected chi connectivity index (χ3v) is 3.52. The number of guanidine groups is 1. The third kappa shape index (κ3) is 2.20. The molecular formula is C16H17N3O. The fraction of sp³-hybridized carbons (Fsp3) is 0.188. The van der Waals surface area contributed by atoms with Gasteiger partial charge in [-0.05, 0) is 42.3 Å². The summed E-state index contributed by atoms with van der Waals surface area (Å²) in [5, 5.41) is 9.65. The molecule has 0 spiro atoms. The Bertz CT molecular complexity index is 666. The molecule has 0 saturated heterocycles. The predicted molar refractivity (Wildman–Crippen MR) is 81.0 cm³/mol. The fourth-order valence-corrected chi connectivity index (χ4v) is 2.57. The Balaban J connectivity index is 2.00. The SMILES string of the molecule is Cc1cccc(N2C(N)=NCC2c2cccc(O)c2)c1. The van der Waals surface area contributed by atoms with E-state index in [1.165, 1.54) is 5.56 Å². The van der Waals surface area contributed by atoms with Crippen molar-refractivity contribution in [2.24, 2.45) is 10.7 Å². The number of aliphatic imine (C=N–C) groups is 1. The zero-order chi connectivity index (χ0) is 14.1. The first kappa shape index (κ1) is 12.5. The molecule has 0 fully saturated rings. The summed E-state index contributed by atoms with van der Waals surface area (Å²) >= 11 is 0. The lowest BCUT2D eigenvalue weighted by molar-refractivity contribution is 0.474. The zero-order valence-corrected chi connectivity index (χ0v) is 11.3. The van der Waals surface area contributed by atoms with E-state index in [0.717, 1.165) is 11.3 Å². The summed E-state index contributed by atoms with van der Waals surface area (Å²) in [6.07, 6.45) is 0. The summed E-state index contributed by atoms with van der Waals surface area (Å²) < 4.78 is 0. The number of phenolic OH excluding ortho intramolecular Hbond substituents is 1. The van der Waals surface area contributed by atoms with Crippen LogP contribution in [-0.4, -0.2) is 17.6 Å². The average Bonchev–Trinajstić information content (AvgIpc) is 2.80. The Morgan fingerprint density at radius 1 is 1.20 bits per heavy atom. The lowest BCUT2D eigenvalue weighted by Gasteiger charge is -2.27. The van der Waals surface area contributed by atoms with Gasteiger partial charge in [-0.3, -0.25) is 4.99 Å². The Morgan fingerprint density at radius 3 is 2.75 bits per heavy atom. The van der Waals surface area contributed by atoms with Crippen LogP contribution in [0.1, 0.15) is 17.2 Å². The van der Waals surface area contributed by atoms with E-state index in [-0.39, 0.29) is 11.8 Å². The first-order valence-corrected chi connectivity index (χ1v) is 6.60. The summed E-state index contributed by atoms with van der Waals surface area (Å²) in [6.45, 7) is 2.65. The molecule has 0 amide bonds. The van der Waals surface area contributed by atoms with Crippen LogP contribution in [-0.2, 0) is 0 Å². The van der Waals surface area contributed by atoms with Crippen LogP contribution >= 0.6 is 0 Å². The second-order valence-corrected chi connectivity index (χ2v) is 5.02. The molecule has 102 valence electrons. The first-order chi connectivity index (χ1) is 9.65. The largest absolute Gasteiger partial charge is 0.508 e. The third-order valence-electron chi connectivity index (χ3n) is 3.52. The molecule has 2 aromatic carbocycles. The van der Waals surface area contributed by atoms with Gasteiger partial charge in [0.1, 0.15) is 5.75 Å². The number of anilines is 1. The van der Waals surface area contributed by atoms with Crippen molar-refractivity contribution >= 4 is 11.6 Å². The molecule has 0 bridgehead atoms. The molecule has 1 atom stereocenters. The normalized spacial score (nSPS) is 18.1. The van der Waals surface area contributed by atoms with E-state index in [2.05, 4.69) is 24.0 Å². The van der Waals surface area contributed by atoms with Crippen molar-refractivity contribution in [1.82, 2.24) is 0 Å². The van der Waals surface area contributed by atoms with Crippen LogP contribution < -0.4 is 10.6 Å². The molecule has 1 unspecified atom stereocenters. The predicted octanol–water partition coefficient (Wildman–Crippen LogP) is 2.58. The van der Waals surface area contributed by atoms with Crippen molar-refractivity contribution in [2.45, 2.75) is 13.0 Å². The average molecular weight is 267 g/mol. The van der Waals surface area contributed by atoms with Gasteiger partial charge in [-0.1, -0.05) is 24.3 Å². The van der Waals surface area contributed by atoms with Gasteiger partial charge in [0, 0.05) is 5.69 Å². The zero-order valence-electron chi connectivity index (χ0n) is 11.3. The van der Waals surface area contributed by atoms with E-state index in [4.69, 9.17) is 5.73 Å². The van der Waals surface area contributed by atoms with Crippen molar-refractivity contribution < 1.29 is 5.11 Å². The van der Waals surface area contributed by atoms with E-state index >= 15 is 0 Å². The summed E-state index contributed by atoms with van der Waals surface area (Å²) in [7, 11) is 0. The van der Waals surface area contributed by atoms with Gasteiger partial charge in [-0.15, -0.1) is 0 Å². The molecule has 20 heavy (non-hydrogen) atoms. The van der Waals surface area contributed by atoms with Gasteiger partial charge in [0.25, 0.3) is 0 Å². The molecule has 3 rings (SSSR count). The van der Waals surface area contributed by atoms with Crippen molar-refractivity contribution in [3.05, 3.63) is 59.7 Å². The molecule has 0 aromatic heterocycles. The van der Waals surface area contributed by atoms with Crippen molar-refractivity contribution in [3.63, 3.8) is 0 Å². The number of nitrogens with two attached hydrogens (primary N) is 1. The number of phenols is 1. The highest BCUT2D eigenvalue weighted by Gasteiger charge is 2.28. The Morgan fingerprint density at radius 2 is 2.00 bits per heavy atom. The number of aryl methyl sites for hydroxylation is 1. The van der Waals surface area contributed by atoms with Crippen molar-refractivity contribution in [3.8, 4) is 5.75 Å². The van der Waals surface area contributed by atoms with Crippen LogP contribution in [0.5, 0.6) is 5.75 Å². The highest BCUT2D eigenvalue weighted by molar-refractivity contribution is 5.97. The van der Waals surface area contributed by atoms with Gasteiger partial charge in [0.15, 0.2) is 5.96 Å². The minimum absolute atomic E-state index is 0.0314. The van der Waals surface area contributed by atoms with Crippen molar-refractivity contribution in [1.29, 1.82) is 0 Å². The van der Waals surface area contributed by atoms with Crippen LogP contribution in [0.2, 0.25) is 0 Å².